The quantitative estimate of drug-likeness (QED) is 0.884. The van der Waals surface area contributed by atoms with Gasteiger partial charge in [-0.2, -0.15) is 0 Å². The molecule has 98 valence electrons. The Morgan fingerprint density at radius 3 is 1.84 bits per heavy atom. The minimum atomic E-state index is 0.406. The summed E-state index contributed by atoms with van der Waals surface area (Å²) < 4.78 is 5.22. The minimum Gasteiger partial charge on any atom is -0.378 e. The maximum Gasteiger partial charge on any atom is 0.0643 e. The van der Waals surface area contributed by atoms with Gasteiger partial charge in [0.25, 0.3) is 0 Å². The largest absolute Gasteiger partial charge is 0.378 e. The maximum absolute atomic E-state index is 5.22. The van der Waals surface area contributed by atoms with E-state index in [0.717, 1.165) is 19.8 Å². The molecule has 0 radical (unpaired) electrons. The molecule has 2 nitrogen and oxygen atoms in total. The molecular weight excluding hydrogens is 234 g/mol. The van der Waals surface area contributed by atoms with Gasteiger partial charge >= 0.3 is 0 Å². The fraction of sp³-hybridized carbons (Fsp3) is 0.294. The number of ether oxygens (including phenoxy) is 1. The highest BCUT2D eigenvalue weighted by Crippen LogP contribution is 2.24. The smallest absolute Gasteiger partial charge is 0.0643 e. The van der Waals surface area contributed by atoms with Crippen molar-refractivity contribution in [3.63, 3.8) is 0 Å². The van der Waals surface area contributed by atoms with Gasteiger partial charge in [0.15, 0.2) is 0 Å². The summed E-state index contributed by atoms with van der Waals surface area (Å²) in [5.74, 6) is 0.406. The Kier molecular flexibility index (Phi) is 3.92. The van der Waals surface area contributed by atoms with Gasteiger partial charge in [0, 0.05) is 12.5 Å². The highest BCUT2D eigenvalue weighted by atomic mass is 16.5. The van der Waals surface area contributed by atoms with Crippen LogP contribution < -0.4 is 5.32 Å². The molecule has 0 bridgehead atoms. The standard InChI is InChI=1S/C17H19NO/c1-3-7-14(8-4-1)17(11-18-16-12-19-13-16)15-9-5-2-6-10-15/h1-10,16-18H,11-13H2. The SMILES string of the molecule is c1ccc(C(CNC2COC2)c2ccccc2)cc1. The summed E-state index contributed by atoms with van der Waals surface area (Å²) in [5, 5.41) is 3.59. The Morgan fingerprint density at radius 1 is 0.895 bits per heavy atom. The zero-order valence-electron chi connectivity index (χ0n) is 11.0. The second-order valence-electron chi connectivity index (χ2n) is 5.02. The van der Waals surface area contributed by atoms with E-state index in [0.29, 0.717) is 12.0 Å². The molecule has 0 saturated carbocycles. The minimum absolute atomic E-state index is 0.406. The summed E-state index contributed by atoms with van der Waals surface area (Å²) in [5.41, 5.74) is 2.72. The summed E-state index contributed by atoms with van der Waals surface area (Å²) in [4.78, 5) is 0. The Bertz CT molecular complexity index is 454. The highest BCUT2D eigenvalue weighted by molar-refractivity contribution is 5.32. The van der Waals surface area contributed by atoms with Crippen LogP contribution in [0.15, 0.2) is 60.7 Å². The number of nitrogens with one attached hydrogen (secondary N) is 1. The predicted octanol–water partition coefficient (Wildman–Crippen LogP) is 2.81. The van der Waals surface area contributed by atoms with Gasteiger partial charge in [-0.25, -0.2) is 0 Å². The van der Waals surface area contributed by atoms with Crippen molar-refractivity contribution in [2.45, 2.75) is 12.0 Å². The first-order valence-electron chi connectivity index (χ1n) is 6.84. The molecular formula is C17H19NO. The Hall–Kier alpha value is -1.64. The molecule has 0 amide bonds. The summed E-state index contributed by atoms with van der Waals surface area (Å²) in [6, 6.07) is 21.9. The van der Waals surface area contributed by atoms with Crippen molar-refractivity contribution in [2.75, 3.05) is 19.8 Å². The fourth-order valence-electron chi connectivity index (χ4n) is 2.44. The molecule has 0 spiro atoms. The predicted molar refractivity (Wildman–Crippen MR) is 77.3 cm³/mol. The van der Waals surface area contributed by atoms with Crippen LogP contribution in [0.2, 0.25) is 0 Å². The summed E-state index contributed by atoms with van der Waals surface area (Å²) in [6.07, 6.45) is 0. The monoisotopic (exact) mass is 253 g/mol. The van der Waals surface area contributed by atoms with Gasteiger partial charge in [-0.3, -0.25) is 0 Å². The van der Waals surface area contributed by atoms with Gasteiger partial charge < -0.3 is 10.1 Å². The van der Waals surface area contributed by atoms with Crippen LogP contribution >= 0.6 is 0 Å². The van der Waals surface area contributed by atoms with Gasteiger partial charge in [0.2, 0.25) is 0 Å². The average Bonchev–Trinajstić information content (AvgIpc) is 2.43. The van der Waals surface area contributed by atoms with Crippen LogP contribution in [0.5, 0.6) is 0 Å². The molecule has 2 heteroatoms. The van der Waals surface area contributed by atoms with Crippen LogP contribution in [0, 0.1) is 0 Å². The first-order chi connectivity index (χ1) is 9.43. The van der Waals surface area contributed by atoms with Gasteiger partial charge in [-0.1, -0.05) is 60.7 Å². The molecule has 0 aliphatic carbocycles. The highest BCUT2D eigenvalue weighted by Gasteiger charge is 2.20. The van der Waals surface area contributed by atoms with Gasteiger partial charge in [-0.15, -0.1) is 0 Å². The lowest BCUT2D eigenvalue weighted by Crippen LogP contribution is -2.47. The van der Waals surface area contributed by atoms with E-state index in [1.165, 1.54) is 11.1 Å². The maximum atomic E-state index is 5.22. The van der Waals surface area contributed by atoms with Crippen molar-refractivity contribution >= 4 is 0 Å². The molecule has 0 atom stereocenters. The van der Waals surface area contributed by atoms with E-state index in [1.54, 1.807) is 0 Å². The Balaban J connectivity index is 1.78. The van der Waals surface area contributed by atoms with Gasteiger partial charge in [-0.05, 0) is 11.1 Å². The van der Waals surface area contributed by atoms with E-state index in [2.05, 4.69) is 66.0 Å². The molecule has 1 aliphatic heterocycles. The number of rotatable bonds is 5. The third-order valence-corrected chi connectivity index (χ3v) is 3.65. The summed E-state index contributed by atoms with van der Waals surface area (Å²) in [6.45, 7) is 2.65. The first kappa shape index (κ1) is 12.4. The van der Waals surface area contributed by atoms with E-state index in [-0.39, 0.29) is 0 Å². The van der Waals surface area contributed by atoms with Crippen LogP contribution in [0.4, 0.5) is 0 Å². The number of hydrogen-bond acceptors (Lipinski definition) is 2. The van der Waals surface area contributed by atoms with Crippen LogP contribution in [-0.2, 0) is 4.74 Å². The Labute approximate surface area is 114 Å². The van der Waals surface area contributed by atoms with Crippen molar-refractivity contribution in [3.8, 4) is 0 Å². The summed E-state index contributed by atoms with van der Waals surface area (Å²) in [7, 11) is 0. The van der Waals surface area contributed by atoms with Crippen LogP contribution in [0.1, 0.15) is 17.0 Å². The van der Waals surface area contributed by atoms with Crippen molar-refractivity contribution in [3.05, 3.63) is 71.8 Å². The van der Waals surface area contributed by atoms with Crippen molar-refractivity contribution < 1.29 is 4.74 Å². The molecule has 1 saturated heterocycles. The summed E-state index contributed by atoms with van der Waals surface area (Å²) >= 11 is 0. The third-order valence-electron chi connectivity index (χ3n) is 3.65. The lowest BCUT2D eigenvalue weighted by Gasteiger charge is -2.29. The van der Waals surface area contributed by atoms with Crippen molar-refractivity contribution in [1.29, 1.82) is 0 Å². The molecule has 0 aromatic heterocycles. The number of benzene rings is 2. The van der Waals surface area contributed by atoms with E-state index >= 15 is 0 Å². The van der Waals surface area contributed by atoms with Gasteiger partial charge in [0.1, 0.15) is 0 Å². The molecule has 2 aromatic rings. The molecule has 1 heterocycles. The van der Waals surface area contributed by atoms with Gasteiger partial charge in [0.05, 0.1) is 19.3 Å². The molecule has 0 unspecified atom stereocenters. The average molecular weight is 253 g/mol. The second kappa shape index (κ2) is 6.00. The lowest BCUT2D eigenvalue weighted by atomic mass is 9.91. The van der Waals surface area contributed by atoms with Crippen molar-refractivity contribution in [2.24, 2.45) is 0 Å². The van der Waals surface area contributed by atoms with E-state index in [4.69, 9.17) is 4.74 Å². The third kappa shape index (κ3) is 3.03. The molecule has 3 rings (SSSR count). The molecule has 1 aliphatic rings. The fourth-order valence-corrected chi connectivity index (χ4v) is 2.44. The molecule has 1 fully saturated rings. The van der Waals surface area contributed by atoms with E-state index in [1.807, 2.05) is 0 Å². The molecule has 1 N–H and O–H groups in total. The Morgan fingerprint density at radius 2 is 1.42 bits per heavy atom. The first-order valence-corrected chi connectivity index (χ1v) is 6.84. The topological polar surface area (TPSA) is 21.3 Å². The van der Waals surface area contributed by atoms with E-state index in [9.17, 15) is 0 Å². The van der Waals surface area contributed by atoms with E-state index < -0.39 is 0 Å². The number of hydrogen-bond donors (Lipinski definition) is 1. The zero-order chi connectivity index (χ0) is 12.9. The normalized spacial score (nSPS) is 15.4. The lowest BCUT2D eigenvalue weighted by molar-refractivity contribution is -0.00512. The zero-order valence-corrected chi connectivity index (χ0v) is 11.0. The second-order valence-corrected chi connectivity index (χ2v) is 5.02. The van der Waals surface area contributed by atoms with Crippen LogP contribution in [0.3, 0.4) is 0 Å². The van der Waals surface area contributed by atoms with Crippen LogP contribution in [0.25, 0.3) is 0 Å². The van der Waals surface area contributed by atoms with Crippen molar-refractivity contribution in [1.82, 2.24) is 5.32 Å². The molecule has 2 aromatic carbocycles. The van der Waals surface area contributed by atoms with Crippen LogP contribution in [-0.4, -0.2) is 25.8 Å². The molecule has 19 heavy (non-hydrogen) atoms.